The normalized spacial score (nSPS) is 29.8. The molecule has 0 saturated carbocycles. The maximum Gasteiger partial charge on any atom is 0.228 e. The van der Waals surface area contributed by atoms with Gasteiger partial charge in [-0.15, -0.1) is 0 Å². The van der Waals surface area contributed by atoms with E-state index in [1.807, 2.05) is 0 Å². The summed E-state index contributed by atoms with van der Waals surface area (Å²) in [5.41, 5.74) is 0. The van der Waals surface area contributed by atoms with Crippen LogP contribution in [0, 0.1) is 5.92 Å². The lowest BCUT2D eigenvalue weighted by atomic mass is 10.0. The third kappa shape index (κ3) is 2.15. The summed E-state index contributed by atoms with van der Waals surface area (Å²) in [5, 5.41) is 3.04. The Kier molecular flexibility index (Phi) is 2.72. The first-order valence-corrected chi connectivity index (χ1v) is 6.99. The van der Waals surface area contributed by atoms with E-state index in [0.29, 0.717) is 6.42 Å². The van der Waals surface area contributed by atoms with Crippen LogP contribution >= 0.6 is 0 Å². The highest BCUT2D eigenvalue weighted by atomic mass is 32.2. The van der Waals surface area contributed by atoms with Crippen LogP contribution in [-0.4, -0.2) is 56.9 Å². The first kappa shape index (κ1) is 10.9. The summed E-state index contributed by atoms with van der Waals surface area (Å²) in [6, 6.07) is -0.108. The van der Waals surface area contributed by atoms with E-state index in [1.54, 1.807) is 11.9 Å². The fourth-order valence-corrected chi connectivity index (χ4v) is 3.79. The molecule has 2 aliphatic heterocycles. The van der Waals surface area contributed by atoms with Gasteiger partial charge in [0.2, 0.25) is 5.91 Å². The Bertz CT molecular complexity index is 362. The van der Waals surface area contributed by atoms with E-state index >= 15 is 0 Å². The largest absolute Gasteiger partial charge is 0.341 e. The van der Waals surface area contributed by atoms with E-state index in [4.69, 9.17) is 0 Å². The van der Waals surface area contributed by atoms with E-state index in [9.17, 15) is 13.2 Å². The Morgan fingerprint density at radius 3 is 2.47 bits per heavy atom. The number of nitrogens with zero attached hydrogens (tertiary/aromatic N) is 1. The summed E-state index contributed by atoms with van der Waals surface area (Å²) in [7, 11) is -1.18. The zero-order valence-electron chi connectivity index (χ0n) is 8.77. The Hall–Kier alpha value is -0.620. The standard InChI is InChI=1S/C9H16N2O3S/c1-11(9(12)7-4-10-5-7)8-2-3-15(13,14)6-8/h7-8,10H,2-6H2,1H3. The summed E-state index contributed by atoms with van der Waals surface area (Å²) >= 11 is 0. The number of hydrogen-bond donors (Lipinski definition) is 1. The molecule has 6 heteroatoms. The number of amides is 1. The molecule has 1 unspecified atom stereocenters. The molecule has 0 aromatic carbocycles. The van der Waals surface area contributed by atoms with Gasteiger partial charge in [-0.1, -0.05) is 0 Å². The van der Waals surface area contributed by atoms with E-state index < -0.39 is 9.84 Å². The third-order valence-corrected chi connectivity index (χ3v) is 4.98. The molecule has 2 heterocycles. The molecule has 86 valence electrons. The quantitative estimate of drug-likeness (QED) is 0.653. The lowest BCUT2D eigenvalue weighted by molar-refractivity contribution is -0.137. The first-order chi connectivity index (χ1) is 6.99. The summed E-state index contributed by atoms with van der Waals surface area (Å²) in [5.74, 6) is 0.488. The minimum absolute atomic E-state index is 0.0540. The molecule has 0 bridgehead atoms. The van der Waals surface area contributed by atoms with Gasteiger partial charge in [-0.05, 0) is 6.42 Å². The Morgan fingerprint density at radius 2 is 2.07 bits per heavy atom. The summed E-state index contributed by atoms with van der Waals surface area (Å²) < 4.78 is 22.5. The highest BCUT2D eigenvalue weighted by Gasteiger charge is 2.36. The molecule has 0 aliphatic carbocycles. The van der Waals surface area contributed by atoms with Crippen LogP contribution in [0.4, 0.5) is 0 Å². The van der Waals surface area contributed by atoms with Crippen LogP contribution in [0.2, 0.25) is 0 Å². The van der Waals surface area contributed by atoms with Crippen molar-refractivity contribution in [2.24, 2.45) is 5.92 Å². The van der Waals surface area contributed by atoms with Crippen molar-refractivity contribution >= 4 is 15.7 Å². The first-order valence-electron chi connectivity index (χ1n) is 5.17. The van der Waals surface area contributed by atoms with Gasteiger partial charge in [0.15, 0.2) is 9.84 Å². The van der Waals surface area contributed by atoms with Gasteiger partial charge in [0.1, 0.15) is 0 Å². The average molecular weight is 232 g/mol. The molecule has 0 radical (unpaired) electrons. The highest BCUT2D eigenvalue weighted by Crippen LogP contribution is 2.19. The third-order valence-electron chi connectivity index (χ3n) is 3.23. The number of carbonyl (C=O) groups excluding carboxylic acids is 1. The molecule has 1 atom stereocenters. The Morgan fingerprint density at radius 1 is 1.40 bits per heavy atom. The van der Waals surface area contributed by atoms with Crippen LogP contribution in [0.5, 0.6) is 0 Å². The number of carbonyl (C=O) groups is 1. The number of sulfone groups is 1. The molecular formula is C9H16N2O3S. The van der Waals surface area contributed by atoms with Crippen LogP contribution < -0.4 is 5.32 Å². The molecule has 0 aromatic rings. The van der Waals surface area contributed by atoms with Crippen molar-refractivity contribution in [1.29, 1.82) is 0 Å². The van der Waals surface area contributed by atoms with Crippen LogP contribution in [0.3, 0.4) is 0 Å². The molecular weight excluding hydrogens is 216 g/mol. The van der Waals surface area contributed by atoms with E-state index in [-0.39, 0.29) is 29.4 Å². The van der Waals surface area contributed by atoms with Crippen molar-refractivity contribution in [2.45, 2.75) is 12.5 Å². The van der Waals surface area contributed by atoms with Crippen LogP contribution in [0.25, 0.3) is 0 Å². The topological polar surface area (TPSA) is 66.5 Å². The number of rotatable bonds is 2. The molecule has 2 fully saturated rings. The van der Waals surface area contributed by atoms with E-state index in [1.165, 1.54) is 0 Å². The minimum atomic E-state index is -2.90. The second-order valence-electron chi connectivity index (χ2n) is 4.36. The van der Waals surface area contributed by atoms with E-state index in [2.05, 4.69) is 5.32 Å². The molecule has 2 aliphatic rings. The summed E-state index contributed by atoms with van der Waals surface area (Å²) in [4.78, 5) is 13.4. The second-order valence-corrected chi connectivity index (χ2v) is 6.59. The van der Waals surface area contributed by atoms with Crippen molar-refractivity contribution in [1.82, 2.24) is 10.2 Å². The predicted molar refractivity (Wildman–Crippen MR) is 56.2 cm³/mol. The number of hydrogen-bond acceptors (Lipinski definition) is 4. The van der Waals surface area contributed by atoms with Gasteiger partial charge in [-0.25, -0.2) is 8.42 Å². The zero-order chi connectivity index (χ0) is 11.1. The van der Waals surface area contributed by atoms with Gasteiger partial charge in [-0.3, -0.25) is 4.79 Å². The Balaban J connectivity index is 1.96. The molecule has 5 nitrogen and oxygen atoms in total. The highest BCUT2D eigenvalue weighted by molar-refractivity contribution is 7.91. The molecule has 0 spiro atoms. The fourth-order valence-electron chi connectivity index (χ4n) is 2.01. The van der Waals surface area contributed by atoms with Crippen LogP contribution in [-0.2, 0) is 14.6 Å². The molecule has 2 saturated heterocycles. The maximum atomic E-state index is 11.8. The van der Waals surface area contributed by atoms with E-state index in [0.717, 1.165) is 13.1 Å². The molecule has 1 N–H and O–H groups in total. The maximum absolute atomic E-state index is 11.8. The van der Waals surface area contributed by atoms with Gasteiger partial charge >= 0.3 is 0 Å². The van der Waals surface area contributed by atoms with Gasteiger partial charge in [0.05, 0.1) is 17.4 Å². The lowest BCUT2D eigenvalue weighted by Gasteiger charge is -2.32. The molecule has 0 aromatic heterocycles. The van der Waals surface area contributed by atoms with Crippen LogP contribution in [0.15, 0.2) is 0 Å². The van der Waals surface area contributed by atoms with Gasteiger partial charge in [0, 0.05) is 26.2 Å². The minimum Gasteiger partial charge on any atom is -0.341 e. The van der Waals surface area contributed by atoms with Gasteiger partial charge < -0.3 is 10.2 Å². The van der Waals surface area contributed by atoms with Crippen molar-refractivity contribution in [2.75, 3.05) is 31.6 Å². The summed E-state index contributed by atoms with van der Waals surface area (Å²) in [6.07, 6.45) is 0.588. The van der Waals surface area contributed by atoms with Crippen LogP contribution in [0.1, 0.15) is 6.42 Å². The molecule has 15 heavy (non-hydrogen) atoms. The average Bonchev–Trinajstić information content (AvgIpc) is 2.41. The van der Waals surface area contributed by atoms with Gasteiger partial charge in [-0.2, -0.15) is 0 Å². The summed E-state index contributed by atoms with van der Waals surface area (Å²) in [6.45, 7) is 1.45. The lowest BCUT2D eigenvalue weighted by Crippen LogP contribution is -2.53. The number of nitrogens with one attached hydrogen (secondary N) is 1. The van der Waals surface area contributed by atoms with Crippen molar-refractivity contribution in [3.05, 3.63) is 0 Å². The SMILES string of the molecule is CN(C(=O)C1CNC1)C1CCS(=O)(=O)C1. The predicted octanol–water partition coefficient (Wildman–Crippen LogP) is -1.15. The van der Waals surface area contributed by atoms with Crippen molar-refractivity contribution < 1.29 is 13.2 Å². The molecule has 2 rings (SSSR count). The smallest absolute Gasteiger partial charge is 0.228 e. The Labute approximate surface area is 89.7 Å². The molecule has 1 amide bonds. The zero-order valence-corrected chi connectivity index (χ0v) is 9.59. The van der Waals surface area contributed by atoms with Crippen molar-refractivity contribution in [3.8, 4) is 0 Å². The van der Waals surface area contributed by atoms with Crippen molar-refractivity contribution in [3.63, 3.8) is 0 Å². The monoisotopic (exact) mass is 232 g/mol. The van der Waals surface area contributed by atoms with Gasteiger partial charge in [0.25, 0.3) is 0 Å². The fraction of sp³-hybridized carbons (Fsp3) is 0.889. The second kappa shape index (κ2) is 3.75.